The van der Waals surface area contributed by atoms with Crippen molar-refractivity contribution in [2.24, 2.45) is 0 Å². The SMILES string of the molecule is CCCNC(=O)/C(C#N)=C\Nc1cccc(C(C)=O)c1. The molecule has 0 saturated heterocycles. The van der Waals surface area contributed by atoms with Crippen LogP contribution in [0.5, 0.6) is 0 Å². The lowest BCUT2D eigenvalue weighted by atomic mass is 10.1. The topological polar surface area (TPSA) is 82.0 Å². The molecule has 0 unspecified atom stereocenters. The number of hydrogen-bond acceptors (Lipinski definition) is 4. The zero-order valence-electron chi connectivity index (χ0n) is 11.6. The van der Waals surface area contributed by atoms with E-state index in [9.17, 15) is 9.59 Å². The third-order valence-electron chi connectivity index (χ3n) is 2.55. The second kappa shape index (κ2) is 7.74. The van der Waals surface area contributed by atoms with E-state index in [1.165, 1.54) is 13.1 Å². The molecule has 0 atom stereocenters. The molecule has 5 nitrogen and oxygen atoms in total. The molecule has 0 spiro atoms. The fourth-order valence-corrected chi connectivity index (χ4v) is 1.47. The van der Waals surface area contributed by atoms with E-state index in [-0.39, 0.29) is 11.4 Å². The molecule has 0 aliphatic heterocycles. The van der Waals surface area contributed by atoms with Crippen molar-refractivity contribution in [3.8, 4) is 6.07 Å². The maximum atomic E-state index is 11.6. The van der Waals surface area contributed by atoms with E-state index in [1.54, 1.807) is 24.3 Å². The van der Waals surface area contributed by atoms with Crippen LogP contribution in [0, 0.1) is 11.3 Å². The third-order valence-corrected chi connectivity index (χ3v) is 2.55. The van der Waals surface area contributed by atoms with Crippen molar-refractivity contribution in [3.05, 3.63) is 41.6 Å². The van der Waals surface area contributed by atoms with Gasteiger partial charge in [-0.15, -0.1) is 0 Å². The number of rotatable bonds is 6. The van der Waals surface area contributed by atoms with Crippen molar-refractivity contribution in [2.45, 2.75) is 20.3 Å². The van der Waals surface area contributed by atoms with Gasteiger partial charge in [-0.25, -0.2) is 0 Å². The molecule has 1 amide bonds. The van der Waals surface area contributed by atoms with Crippen LogP contribution in [0.4, 0.5) is 5.69 Å². The first kappa shape index (κ1) is 15.4. The molecular formula is C15H17N3O2. The molecule has 20 heavy (non-hydrogen) atoms. The molecule has 0 aromatic heterocycles. The fraction of sp³-hybridized carbons (Fsp3) is 0.267. The van der Waals surface area contributed by atoms with Crippen molar-refractivity contribution >= 4 is 17.4 Å². The van der Waals surface area contributed by atoms with E-state index in [4.69, 9.17) is 5.26 Å². The van der Waals surface area contributed by atoms with E-state index in [0.29, 0.717) is 17.8 Å². The van der Waals surface area contributed by atoms with Crippen LogP contribution < -0.4 is 10.6 Å². The Balaban J connectivity index is 2.79. The number of benzene rings is 1. The van der Waals surface area contributed by atoms with Crippen LogP contribution in [-0.2, 0) is 4.79 Å². The summed E-state index contributed by atoms with van der Waals surface area (Å²) < 4.78 is 0. The molecule has 104 valence electrons. The molecule has 0 saturated carbocycles. The summed E-state index contributed by atoms with van der Waals surface area (Å²) in [5.74, 6) is -0.455. The first-order valence-corrected chi connectivity index (χ1v) is 6.34. The van der Waals surface area contributed by atoms with Crippen LogP contribution in [0.2, 0.25) is 0 Å². The average Bonchev–Trinajstić information content (AvgIpc) is 2.46. The number of nitriles is 1. The monoisotopic (exact) mass is 271 g/mol. The highest BCUT2D eigenvalue weighted by molar-refractivity contribution is 5.97. The van der Waals surface area contributed by atoms with Crippen molar-refractivity contribution < 1.29 is 9.59 Å². The second-order valence-electron chi connectivity index (χ2n) is 4.21. The lowest BCUT2D eigenvalue weighted by molar-refractivity contribution is -0.117. The Bertz CT molecular complexity index is 571. The minimum absolute atomic E-state index is 0.00771. The summed E-state index contributed by atoms with van der Waals surface area (Å²) in [6.07, 6.45) is 2.14. The van der Waals surface area contributed by atoms with Crippen LogP contribution in [0.25, 0.3) is 0 Å². The van der Waals surface area contributed by atoms with E-state index in [2.05, 4.69) is 10.6 Å². The Morgan fingerprint density at radius 1 is 1.40 bits per heavy atom. The highest BCUT2D eigenvalue weighted by Crippen LogP contribution is 2.11. The van der Waals surface area contributed by atoms with Gasteiger partial charge < -0.3 is 10.6 Å². The Morgan fingerprint density at radius 3 is 2.75 bits per heavy atom. The summed E-state index contributed by atoms with van der Waals surface area (Å²) in [5, 5.41) is 14.4. The molecule has 1 aromatic carbocycles. The first-order chi connectivity index (χ1) is 9.58. The molecule has 1 aromatic rings. The quantitative estimate of drug-likeness (QED) is 0.472. The third kappa shape index (κ3) is 4.58. The largest absolute Gasteiger partial charge is 0.360 e. The number of carbonyl (C=O) groups is 2. The van der Waals surface area contributed by atoms with Crippen LogP contribution >= 0.6 is 0 Å². The van der Waals surface area contributed by atoms with Gasteiger partial charge in [0.15, 0.2) is 5.78 Å². The summed E-state index contributed by atoms with van der Waals surface area (Å²) in [7, 11) is 0. The van der Waals surface area contributed by atoms with Gasteiger partial charge in [0.1, 0.15) is 11.6 Å². The Hall–Kier alpha value is -2.61. The minimum Gasteiger partial charge on any atom is -0.360 e. The van der Waals surface area contributed by atoms with Gasteiger partial charge in [0.05, 0.1) is 0 Å². The zero-order valence-corrected chi connectivity index (χ0v) is 11.6. The van der Waals surface area contributed by atoms with Crippen molar-refractivity contribution in [3.63, 3.8) is 0 Å². The van der Waals surface area contributed by atoms with E-state index >= 15 is 0 Å². The van der Waals surface area contributed by atoms with Crippen molar-refractivity contribution in [1.82, 2.24) is 5.32 Å². The maximum Gasteiger partial charge on any atom is 0.263 e. The van der Waals surface area contributed by atoms with E-state index in [1.807, 2.05) is 13.0 Å². The Morgan fingerprint density at radius 2 is 2.15 bits per heavy atom. The number of nitrogens with one attached hydrogen (secondary N) is 2. The van der Waals surface area contributed by atoms with E-state index in [0.717, 1.165) is 6.42 Å². The molecule has 5 heteroatoms. The standard InChI is InChI=1S/C15H17N3O2/c1-3-7-17-15(20)13(9-16)10-18-14-6-4-5-12(8-14)11(2)19/h4-6,8,10,18H,3,7H2,1-2H3,(H,17,20)/b13-10-. The van der Waals surface area contributed by atoms with Gasteiger partial charge in [-0.1, -0.05) is 19.1 Å². The number of anilines is 1. The summed E-state index contributed by atoms with van der Waals surface area (Å²) in [4.78, 5) is 22.9. The first-order valence-electron chi connectivity index (χ1n) is 6.34. The molecule has 0 heterocycles. The van der Waals surface area contributed by atoms with Gasteiger partial charge in [-0.05, 0) is 25.5 Å². The highest BCUT2D eigenvalue weighted by atomic mass is 16.1. The van der Waals surface area contributed by atoms with Crippen LogP contribution in [0.3, 0.4) is 0 Å². The highest BCUT2D eigenvalue weighted by Gasteiger charge is 2.07. The second-order valence-corrected chi connectivity index (χ2v) is 4.21. The molecule has 0 fully saturated rings. The van der Waals surface area contributed by atoms with E-state index < -0.39 is 5.91 Å². The number of amides is 1. The number of hydrogen-bond donors (Lipinski definition) is 2. The average molecular weight is 271 g/mol. The Kier molecular flexibility index (Phi) is 5.98. The maximum absolute atomic E-state index is 11.6. The summed E-state index contributed by atoms with van der Waals surface area (Å²) >= 11 is 0. The normalized spacial score (nSPS) is 10.6. The van der Waals surface area contributed by atoms with Gasteiger partial charge >= 0.3 is 0 Å². The summed E-state index contributed by atoms with van der Waals surface area (Å²) in [6.45, 7) is 3.94. The van der Waals surface area contributed by atoms with Crippen molar-refractivity contribution in [1.29, 1.82) is 5.26 Å². The number of carbonyl (C=O) groups excluding carboxylic acids is 2. The molecule has 0 radical (unpaired) electrons. The minimum atomic E-state index is -0.412. The van der Waals surface area contributed by atoms with Crippen LogP contribution in [0.15, 0.2) is 36.0 Å². The van der Waals surface area contributed by atoms with Gasteiger partial charge in [-0.2, -0.15) is 5.26 Å². The summed E-state index contributed by atoms with van der Waals surface area (Å²) in [5.41, 5.74) is 1.21. The fourth-order valence-electron chi connectivity index (χ4n) is 1.47. The smallest absolute Gasteiger partial charge is 0.263 e. The molecule has 2 N–H and O–H groups in total. The van der Waals surface area contributed by atoms with Crippen LogP contribution in [-0.4, -0.2) is 18.2 Å². The van der Waals surface area contributed by atoms with Crippen LogP contribution in [0.1, 0.15) is 30.6 Å². The van der Waals surface area contributed by atoms with Gasteiger partial charge in [0, 0.05) is 24.0 Å². The summed E-state index contributed by atoms with van der Waals surface area (Å²) in [6, 6.07) is 8.69. The predicted molar refractivity (Wildman–Crippen MR) is 77.1 cm³/mol. The zero-order chi connectivity index (χ0) is 15.0. The van der Waals surface area contributed by atoms with Gasteiger partial charge in [0.25, 0.3) is 5.91 Å². The predicted octanol–water partition coefficient (Wildman–Crippen LogP) is 2.23. The molecule has 0 bridgehead atoms. The van der Waals surface area contributed by atoms with Crippen molar-refractivity contribution in [2.75, 3.05) is 11.9 Å². The van der Waals surface area contributed by atoms with Gasteiger partial charge in [-0.3, -0.25) is 9.59 Å². The Labute approximate surface area is 118 Å². The number of ketones is 1. The molecular weight excluding hydrogens is 254 g/mol. The lowest BCUT2D eigenvalue weighted by Crippen LogP contribution is -2.25. The molecule has 0 aliphatic rings. The lowest BCUT2D eigenvalue weighted by Gasteiger charge is -2.05. The molecule has 1 rings (SSSR count). The van der Waals surface area contributed by atoms with Gasteiger partial charge in [0.2, 0.25) is 0 Å². The number of nitrogens with zero attached hydrogens (tertiary/aromatic N) is 1. The molecule has 0 aliphatic carbocycles. The number of Topliss-reactive ketones (excluding diaryl/α,β-unsaturated/α-hetero) is 1.